The number of anilines is 3. The van der Waals surface area contributed by atoms with E-state index in [1.165, 1.54) is 10.8 Å². The Labute approximate surface area is 160 Å². The smallest absolute Gasteiger partial charge is 0.155 e. The Morgan fingerprint density at radius 3 is 2.25 bits per heavy atom. The predicted molar refractivity (Wildman–Crippen MR) is 111 cm³/mol. The highest BCUT2D eigenvalue weighted by molar-refractivity contribution is 6.10. The first-order valence-electron chi connectivity index (χ1n) is 9.29. The van der Waals surface area contributed by atoms with E-state index < -0.39 is 0 Å². The van der Waals surface area contributed by atoms with E-state index in [0.717, 1.165) is 51.1 Å². The lowest BCUT2D eigenvalue weighted by molar-refractivity contribution is 0.446. The number of nitrogens with one attached hydrogen (secondary N) is 1. The van der Waals surface area contributed by atoms with Crippen LogP contribution in [-0.2, 0) is 0 Å². The van der Waals surface area contributed by atoms with Gasteiger partial charge in [0.15, 0.2) is 23.0 Å². The number of nitrogens with zero attached hydrogens (tertiary/aromatic N) is 1. The van der Waals surface area contributed by atoms with Crippen molar-refractivity contribution in [2.75, 3.05) is 4.90 Å². The van der Waals surface area contributed by atoms with Crippen molar-refractivity contribution >= 4 is 38.9 Å². The minimum Gasteiger partial charge on any atom is -0.453 e. The Morgan fingerprint density at radius 2 is 1.32 bits per heavy atom. The van der Waals surface area contributed by atoms with Gasteiger partial charge >= 0.3 is 0 Å². The Hall–Kier alpha value is -3.92. The summed E-state index contributed by atoms with van der Waals surface area (Å²) >= 11 is 0. The van der Waals surface area contributed by atoms with Crippen LogP contribution < -0.4 is 14.4 Å². The summed E-state index contributed by atoms with van der Waals surface area (Å²) in [4.78, 5) is 5.76. The summed E-state index contributed by atoms with van der Waals surface area (Å²) in [7, 11) is 0. The Kier molecular flexibility index (Phi) is 2.46. The maximum absolute atomic E-state index is 6.30. The van der Waals surface area contributed by atoms with Gasteiger partial charge < -0.3 is 14.5 Å². The van der Waals surface area contributed by atoms with Gasteiger partial charge in [0, 0.05) is 22.4 Å². The lowest BCUT2D eigenvalue weighted by Gasteiger charge is -2.37. The van der Waals surface area contributed by atoms with Gasteiger partial charge in [-0.15, -0.1) is 0 Å². The molecule has 1 N–H and O–H groups in total. The number of fused-ring (bicyclic) bond motifs is 7. The molecule has 5 aromatic rings. The summed E-state index contributed by atoms with van der Waals surface area (Å²) in [5.74, 6) is 3.29. The summed E-state index contributed by atoms with van der Waals surface area (Å²) in [6, 6.07) is 26.7. The van der Waals surface area contributed by atoms with E-state index >= 15 is 0 Å². The van der Waals surface area contributed by atoms with Crippen LogP contribution >= 0.6 is 0 Å². The molecule has 0 unspecified atom stereocenters. The molecular formula is C24H14N2O2. The van der Waals surface area contributed by atoms with Crippen molar-refractivity contribution in [2.24, 2.45) is 0 Å². The van der Waals surface area contributed by atoms with Crippen LogP contribution in [0.15, 0.2) is 78.9 Å². The fraction of sp³-hybridized carbons (Fsp3) is 0. The molecule has 0 amide bonds. The van der Waals surface area contributed by atoms with Gasteiger partial charge in [0.25, 0.3) is 0 Å². The zero-order chi connectivity index (χ0) is 18.2. The van der Waals surface area contributed by atoms with Crippen molar-refractivity contribution in [1.82, 2.24) is 4.98 Å². The van der Waals surface area contributed by atoms with E-state index in [9.17, 15) is 0 Å². The summed E-state index contributed by atoms with van der Waals surface area (Å²) in [5.41, 5.74) is 5.19. The third kappa shape index (κ3) is 1.70. The molecule has 0 spiro atoms. The molecule has 28 heavy (non-hydrogen) atoms. The molecule has 0 saturated heterocycles. The number of hydrogen-bond donors (Lipinski definition) is 1. The van der Waals surface area contributed by atoms with Gasteiger partial charge in [-0.1, -0.05) is 36.4 Å². The molecule has 4 aromatic carbocycles. The van der Waals surface area contributed by atoms with Gasteiger partial charge in [-0.25, -0.2) is 0 Å². The van der Waals surface area contributed by atoms with Crippen LogP contribution in [0.25, 0.3) is 21.8 Å². The van der Waals surface area contributed by atoms with Crippen molar-refractivity contribution in [3.05, 3.63) is 78.9 Å². The number of benzene rings is 4. The number of ether oxygens (including phenoxy) is 2. The molecule has 132 valence electrons. The standard InChI is InChI=1S/C24H14N2O2/c1-2-7-16-14(6-1)15-12-19-23(13-17(15)25-16)28-22-11-5-10-21-24(22)26(19)18-8-3-4-9-20(18)27-21/h1-13,25H. The number of para-hydroxylation sites is 4. The molecule has 2 aliphatic rings. The Bertz CT molecular complexity index is 1430. The van der Waals surface area contributed by atoms with E-state index in [0.29, 0.717) is 0 Å². The second kappa shape index (κ2) is 4.87. The molecule has 2 aliphatic heterocycles. The average Bonchev–Trinajstić information content (AvgIpc) is 3.09. The molecule has 3 heterocycles. The quantitative estimate of drug-likeness (QED) is 0.315. The molecule has 0 atom stereocenters. The minimum atomic E-state index is 0.801. The van der Waals surface area contributed by atoms with E-state index in [1.54, 1.807) is 0 Å². The summed E-state index contributed by atoms with van der Waals surface area (Å²) in [6.07, 6.45) is 0. The van der Waals surface area contributed by atoms with E-state index in [4.69, 9.17) is 9.47 Å². The third-order valence-corrected chi connectivity index (χ3v) is 5.56. The molecule has 1 aromatic heterocycles. The minimum absolute atomic E-state index is 0.801. The highest BCUT2D eigenvalue weighted by atomic mass is 16.5. The second-order valence-corrected chi connectivity index (χ2v) is 7.15. The fourth-order valence-electron chi connectivity index (χ4n) is 4.35. The normalized spacial score (nSPS) is 13.5. The zero-order valence-corrected chi connectivity index (χ0v) is 14.8. The van der Waals surface area contributed by atoms with Gasteiger partial charge in [0.2, 0.25) is 0 Å². The van der Waals surface area contributed by atoms with E-state index in [1.807, 2.05) is 36.4 Å². The van der Waals surface area contributed by atoms with Gasteiger partial charge in [-0.3, -0.25) is 4.90 Å². The summed E-state index contributed by atoms with van der Waals surface area (Å²) < 4.78 is 12.5. The SMILES string of the molecule is c1ccc2c(c1)Oc1cccc3c1N2c1cc2c(cc1O3)[nH]c1ccccc12. The van der Waals surface area contributed by atoms with Gasteiger partial charge in [-0.05, 0) is 36.4 Å². The number of aromatic amines is 1. The molecule has 4 heteroatoms. The van der Waals surface area contributed by atoms with Crippen LogP contribution in [0.5, 0.6) is 23.0 Å². The van der Waals surface area contributed by atoms with Crippen molar-refractivity contribution in [3.63, 3.8) is 0 Å². The molecule has 7 rings (SSSR count). The van der Waals surface area contributed by atoms with Crippen LogP contribution in [0, 0.1) is 0 Å². The third-order valence-electron chi connectivity index (χ3n) is 5.56. The fourth-order valence-corrected chi connectivity index (χ4v) is 4.35. The molecular weight excluding hydrogens is 348 g/mol. The van der Waals surface area contributed by atoms with Gasteiger partial charge in [-0.2, -0.15) is 0 Å². The number of rotatable bonds is 0. The number of hydrogen-bond acceptors (Lipinski definition) is 3. The lowest BCUT2D eigenvalue weighted by atomic mass is 10.1. The van der Waals surface area contributed by atoms with Crippen molar-refractivity contribution in [1.29, 1.82) is 0 Å². The van der Waals surface area contributed by atoms with Crippen molar-refractivity contribution in [2.45, 2.75) is 0 Å². The maximum Gasteiger partial charge on any atom is 0.155 e. The number of H-pyrrole nitrogens is 1. The summed E-state index contributed by atoms with van der Waals surface area (Å²) in [6.45, 7) is 0. The van der Waals surface area contributed by atoms with E-state index in [2.05, 4.69) is 52.3 Å². The summed E-state index contributed by atoms with van der Waals surface area (Å²) in [5, 5.41) is 2.39. The van der Waals surface area contributed by atoms with Crippen molar-refractivity contribution < 1.29 is 9.47 Å². The molecule has 4 nitrogen and oxygen atoms in total. The highest BCUT2D eigenvalue weighted by Crippen LogP contribution is 2.59. The van der Waals surface area contributed by atoms with Crippen molar-refractivity contribution in [3.8, 4) is 23.0 Å². The van der Waals surface area contributed by atoms with Gasteiger partial charge in [0.05, 0.1) is 16.9 Å². The number of aromatic nitrogens is 1. The molecule has 0 fully saturated rings. The predicted octanol–water partition coefficient (Wildman–Crippen LogP) is 7.00. The van der Waals surface area contributed by atoms with Crippen LogP contribution in [-0.4, -0.2) is 4.98 Å². The van der Waals surface area contributed by atoms with Crippen LogP contribution in [0.4, 0.5) is 17.1 Å². The van der Waals surface area contributed by atoms with E-state index in [-0.39, 0.29) is 0 Å². The van der Waals surface area contributed by atoms with Gasteiger partial charge in [0.1, 0.15) is 5.69 Å². The average molecular weight is 362 g/mol. The molecule has 0 aliphatic carbocycles. The first-order chi connectivity index (χ1) is 13.9. The zero-order valence-electron chi connectivity index (χ0n) is 14.8. The first-order valence-corrected chi connectivity index (χ1v) is 9.29. The highest BCUT2D eigenvalue weighted by Gasteiger charge is 2.34. The van der Waals surface area contributed by atoms with Crippen LogP contribution in [0.2, 0.25) is 0 Å². The van der Waals surface area contributed by atoms with Crippen LogP contribution in [0.1, 0.15) is 0 Å². The monoisotopic (exact) mass is 362 g/mol. The molecule has 0 radical (unpaired) electrons. The Morgan fingerprint density at radius 1 is 0.571 bits per heavy atom. The first kappa shape index (κ1) is 14.2. The topological polar surface area (TPSA) is 37.5 Å². The molecule has 0 bridgehead atoms. The lowest BCUT2D eigenvalue weighted by Crippen LogP contribution is -2.20. The largest absolute Gasteiger partial charge is 0.453 e. The second-order valence-electron chi connectivity index (χ2n) is 7.15. The molecule has 0 saturated carbocycles. The maximum atomic E-state index is 6.30. The Balaban J connectivity index is 1.59. The van der Waals surface area contributed by atoms with Crippen LogP contribution in [0.3, 0.4) is 0 Å².